The van der Waals surface area contributed by atoms with E-state index in [4.69, 9.17) is 16.3 Å². The maximum atomic E-state index is 13.4. The lowest BCUT2D eigenvalue weighted by Gasteiger charge is -2.32. The predicted molar refractivity (Wildman–Crippen MR) is 95.7 cm³/mol. The zero-order valence-corrected chi connectivity index (χ0v) is 16.1. The van der Waals surface area contributed by atoms with Crippen LogP contribution in [0.15, 0.2) is 23.3 Å². The minimum atomic E-state index is -5.04. The van der Waals surface area contributed by atoms with Gasteiger partial charge in [0.2, 0.25) is 0 Å². The van der Waals surface area contributed by atoms with E-state index in [9.17, 15) is 23.1 Å². The van der Waals surface area contributed by atoms with Crippen LogP contribution >= 0.6 is 11.6 Å². The van der Waals surface area contributed by atoms with E-state index in [0.717, 1.165) is 0 Å². The lowest BCUT2D eigenvalue weighted by atomic mass is 9.99. The zero-order valence-electron chi connectivity index (χ0n) is 15.3. The summed E-state index contributed by atoms with van der Waals surface area (Å²) in [4.78, 5) is 12.3. The highest BCUT2D eigenvalue weighted by Gasteiger charge is 2.63. The first-order valence-corrected chi connectivity index (χ1v) is 8.89. The van der Waals surface area contributed by atoms with Gasteiger partial charge >= 0.3 is 6.18 Å². The highest BCUT2D eigenvalue weighted by molar-refractivity contribution is 6.31. The van der Waals surface area contributed by atoms with Crippen molar-refractivity contribution in [1.29, 1.82) is 0 Å². The second-order valence-electron chi connectivity index (χ2n) is 7.00. The molecule has 1 aromatic rings. The van der Waals surface area contributed by atoms with Crippen LogP contribution in [0.2, 0.25) is 5.02 Å². The van der Waals surface area contributed by atoms with Gasteiger partial charge in [-0.05, 0) is 49.4 Å². The third-order valence-corrected chi connectivity index (χ3v) is 4.66. The van der Waals surface area contributed by atoms with Crippen LogP contribution in [0.25, 0.3) is 0 Å². The van der Waals surface area contributed by atoms with Crippen LogP contribution in [-0.2, 0) is 4.79 Å². The SMILES string of the molecule is Cc1cc(OCC(=O)N2N=C(CCC(C)C)C[C@@]2(O)C(F)(F)F)ccc1Cl. The molecule has 1 N–H and O–H groups in total. The highest BCUT2D eigenvalue weighted by atomic mass is 35.5. The van der Waals surface area contributed by atoms with E-state index in [-0.39, 0.29) is 28.8 Å². The molecule has 0 bridgehead atoms. The number of hydrazone groups is 1. The Balaban J connectivity index is 2.14. The Kier molecular flexibility index (Phi) is 6.42. The van der Waals surface area contributed by atoms with E-state index >= 15 is 0 Å². The molecule has 9 heteroatoms. The van der Waals surface area contributed by atoms with E-state index in [1.807, 2.05) is 13.8 Å². The summed E-state index contributed by atoms with van der Waals surface area (Å²) < 4.78 is 45.5. The van der Waals surface area contributed by atoms with E-state index in [0.29, 0.717) is 17.0 Å². The quantitative estimate of drug-likeness (QED) is 0.766. The molecule has 0 aromatic heterocycles. The van der Waals surface area contributed by atoms with Crippen LogP contribution in [0.1, 0.15) is 38.7 Å². The molecule has 0 radical (unpaired) electrons. The van der Waals surface area contributed by atoms with Gasteiger partial charge in [0, 0.05) is 17.2 Å². The molecule has 1 aliphatic heterocycles. The molecule has 1 aliphatic rings. The van der Waals surface area contributed by atoms with Crippen molar-refractivity contribution in [3.63, 3.8) is 0 Å². The van der Waals surface area contributed by atoms with E-state index in [1.54, 1.807) is 19.1 Å². The van der Waals surface area contributed by atoms with E-state index in [1.165, 1.54) is 6.07 Å². The van der Waals surface area contributed by atoms with Gasteiger partial charge in [-0.15, -0.1) is 0 Å². The largest absolute Gasteiger partial charge is 0.484 e. The van der Waals surface area contributed by atoms with Gasteiger partial charge in [-0.1, -0.05) is 25.4 Å². The molecule has 2 rings (SSSR count). The van der Waals surface area contributed by atoms with Crippen LogP contribution in [-0.4, -0.2) is 40.2 Å². The predicted octanol–water partition coefficient (Wildman–Crippen LogP) is 4.30. The van der Waals surface area contributed by atoms with Crippen molar-refractivity contribution in [1.82, 2.24) is 5.01 Å². The highest BCUT2D eigenvalue weighted by Crippen LogP contribution is 2.41. The third-order valence-electron chi connectivity index (χ3n) is 4.23. The minimum absolute atomic E-state index is 0.103. The van der Waals surface area contributed by atoms with Crippen molar-refractivity contribution in [3.05, 3.63) is 28.8 Å². The summed E-state index contributed by atoms with van der Waals surface area (Å²) in [5.74, 6) is -0.543. The van der Waals surface area contributed by atoms with E-state index < -0.39 is 30.8 Å². The number of halogens is 4. The van der Waals surface area contributed by atoms with Gasteiger partial charge in [-0.25, -0.2) is 0 Å². The number of rotatable bonds is 6. The van der Waals surface area contributed by atoms with Crippen molar-refractivity contribution in [3.8, 4) is 5.75 Å². The van der Waals surface area contributed by atoms with Crippen molar-refractivity contribution in [2.45, 2.75) is 51.9 Å². The Morgan fingerprint density at radius 2 is 2.11 bits per heavy atom. The summed E-state index contributed by atoms with van der Waals surface area (Å²) in [6.07, 6.45) is -4.91. The molecule has 1 aromatic carbocycles. The third kappa shape index (κ3) is 4.93. The normalized spacial score (nSPS) is 20.2. The van der Waals surface area contributed by atoms with Crippen LogP contribution < -0.4 is 4.74 Å². The molecule has 0 spiro atoms. The first-order valence-electron chi connectivity index (χ1n) is 8.51. The molecule has 1 heterocycles. The molecule has 27 heavy (non-hydrogen) atoms. The average molecular weight is 407 g/mol. The fraction of sp³-hybridized carbons (Fsp3) is 0.556. The smallest absolute Gasteiger partial charge is 0.438 e. The number of amides is 1. The molecule has 5 nitrogen and oxygen atoms in total. The van der Waals surface area contributed by atoms with Crippen molar-refractivity contribution in [2.24, 2.45) is 11.0 Å². The van der Waals surface area contributed by atoms with E-state index in [2.05, 4.69) is 5.10 Å². The number of aliphatic hydroxyl groups is 1. The van der Waals surface area contributed by atoms with Gasteiger partial charge in [0.05, 0.1) is 0 Å². The summed E-state index contributed by atoms with van der Waals surface area (Å²) in [5, 5.41) is 14.5. The van der Waals surface area contributed by atoms with Gasteiger partial charge in [0.1, 0.15) is 5.75 Å². The second-order valence-corrected chi connectivity index (χ2v) is 7.40. The number of carbonyl (C=O) groups is 1. The maximum Gasteiger partial charge on any atom is 0.438 e. The van der Waals surface area contributed by atoms with Crippen LogP contribution in [0.3, 0.4) is 0 Å². The summed E-state index contributed by atoms with van der Waals surface area (Å²) in [6.45, 7) is 4.89. The lowest BCUT2D eigenvalue weighted by Crippen LogP contribution is -2.57. The Morgan fingerprint density at radius 3 is 2.67 bits per heavy atom. The average Bonchev–Trinajstić information content (AvgIpc) is 2.92. The number of carbonyl (C=O) groups excluding carboxylic acids is 1. The van der Waals surface area contributed by atoms with Gasteiger partial charge in [-0.3, -0.25) is 4.79 Å². The summed E-state index contributed by atoms with van der Waals surface area (Å²) in [6, 6.07) is 4.62. The lowest BCUT2D eigenvalue weighted by molar-refractivity contribution is -0.302. The molecule has 150 valence electrons. The molecule has 0 saturated heterocycles. The number of benzene rings is 1. The number of aryl methyl sites for hydroxylation is 1. The fourth-order valence-corrected chi connectivity index (χ4v) is 2.73. The van der Waals surface area contributed by atoms with Gasteiger partial charge in [0.15, 0.2) is 6.61 Å². The molecule has 0 fully saturated rings. The molecule has 0 unspecified atom stereocenters. The van der Waals surface area contributed by atoms with Gasteiger partial charge in [-0.2, -0.15) is 23.3 Å². The Labute approximate surface area is 160 Å². The summed E-state index contributed by atoms with van der Waals surface area (Å²) in [7, 11) is 0. The first kappa shape index (κ1) is 21.5. The van der Waals surface area contributed by atoms with Gasteiger partial charge < -0.3 is 9.84 Å². The number of hydrogen-bond donors (Lipinski definition) is 1. The molecular weight excluding hydrogens is 385 g/mol. The van der Waals surface area contributed by atoms with Gasteiger partial charge in [0.25, 0.3) is 11.6 Å². The molecule has 1 amide bonds. The van der Waals surface area contributed by atoms with Crippen LogP contribution in [0, 0.1) is 12.8 Å². The van der Waals surface area contributed by atoms with Crippen molar-refractivity contribution < 1.29 is 27.8 Å². The molecule has 0 saturated carbocycles. The topological polar surface area (TPSA) is 62.1 Å². The molecular formula is C18H22ClF3N2O3. The number of alkyl halides is 3. The Morgan fingerprint density at radius 1 is 1.44 bits per heavy atom. The monoisotopic (exact) mass is 406 g/mol. The maximum absolute atomic E-state index is 13.4. The molecule has 1 atom stereocenters. The number of hydrogen-bond acceptors (Lipinski definition) is 4. The second kappa shape index (κ2) is 8.06. The summed E-state index contributed by atoms with van der Waals surface area (Å²) in [5.41, 5.74) is -2.52. The minimum Gasteiger partial charge on any atom is -0.484 e. The van der Waals surface area contributed by atoms with Crippen LogP contribution in [0.5, 0.6) is 5.75 Å². The number of ether oxygens (including phenoxy) is 1. The van der Waals surface area contributed by atoms with Crippen LogP contribution in [0.4, 0.5) is 13.2 Å². The zero-order chi connectivity index (χ0) is 20.4. The number of nitrogens with zero attached hydrogens (tertiary/aromatic N) is 2. The fourth-order valence-electron chi connectivity index (χ4n) is 2.61. The standard InChI is InChI=1S/C18H22ClF3N2O3/c1-11(2)4-5-13-9-17(26,18(20,21)22)24(23-13)16(25)10-27-14-6-7-15(19)12(3)8-14/h6-8,11,26H,4-5,9-10H2,1-3H3/t17-/m1/s1. The summed E-state index contributed by atoms with van der Waals surface area (Å²) >= 11 is 5.90. The Hall–Kier alpha value is -1.80. The first-order chi connectivity index (χ1) is 12.4. The van der Waals surface area contributed by atoms with Crippen molar-refractivity contribution >= 4 is 23.2 Å². The Bertz CT molecular complexity index is 737. The van der Waals surface area contributed by atoms with Crippen molar-refractivity contribution in [2.75, 3.05) is 6.61 Å². The molecule has 0 aliphatic carbocycles.